The summed E-state index contributed by atoms with van der Waals surface area (Å²) < 4.78 is 23.8. The van der Waals surface area contributed by atoms with E-state index in [0.717, 1.165) is 19.3 Å². The minimum atomic E-state index is -3.04. The third kappa shape index (κ3) is 2.83. The van der Waals surface area contributed by atoms with E-state index < -0.39 is 9.84 Å². The molecule has 3 rings (SSSR count). The molecule has 0 bridgehead atoms. The van der Waals surface area contributed by atoms with Crippen molar-refractivity contribution in [1.29, 1.82) is 5.26 Å². The van der Waals surface area contributed by atoms with Crippen molar-refractivity contribution in [3.05, 3.63) is 21.9 Å². The molecule has 1 saturated carbocycles. The maximum absolute atomic E-state index is 12.6. The molecule has 1 amide bonds. The first-order valence-corrected chi connectivity index (χ1v) is 9.65. The molecule has 1 unspecified atom stereocenters. The summed E-state index contributed by atoms with van der Waals surface area (Å²) in [6.07, 6.45) is 3.11. The highest BCUT2D eigenvalue weighted by molar-refractivity contribution is 7.91. The summed E-state index contributed by atoms with van der Waals surface area (Å²) in [6, 6.07) is 5.12. The second kappa shape index (κ2) is 5.43. The first kappa shape index (κ1) is 14.5. The van der Waals surface area contributed by atoms with Crippen LogP contribution in [0.5, 0.6) is 0 Å². The second-order valence-corrected chi connectivity index (χ2v) is 8.96. The van der Waals surface area contributed by atoms with Crippen LogP contribution in [0.1, 0.15) is 33.8 Å². The Morgan fingerprint density at radius 2 is 2.14 bits per heavy atom. The highest BCUT2D eigenvalue weighted by Gasteiger charge is 2.41. The van der Waals surface area contributed by atoms with Crippen LogP contribution in [0, 0.1) is 17.2 Å². The first-order valence-electron chi connectivity index (χ1n) is 7.01. The monoisotopic (exact) mass is 324 g/mol. The van der Waals surface area contributed by atoms with Gasteiger partial charge in [-0.2, -0.15) is 5.26 Å². The van der Waals surface area contributed by atoms with Crippen LogP contribution in [0.15, 0.2) is 12.1 Å². The van der Waals surface area contributed by atoms with E-state index in [9.17, 15) is 13.2 Å². The summed E-state index contributed by atoms with van der Waals surface area (Å²) in [6.45, 7) is 0.266. The second-order valence-electron chi connectivity index (χ2n) is 5.65. The Morgan fingerprint density at radius 1 is 1.38 bits per heavy atom. The SMILES string of the molecule is N#Cc1ccc(C(=O)N2CCS(=O)(=O)CC2C2CCC2)s1. The molecule has 21 heavy (non-hydrogen) atoms. The van der Waals surface area contributed by atoms with Crippen molar-refractivity contribution < 1.29 is 13.2 Å². The zero-order valence-electron chi connectivity index (χ0n) is 11.5. The van der Waals surface area contributed by atoms with Gasteiger partial charge in [-0.3, -0.25) is 4.79 Å². The van der Waals surface area contributed by atoms with Crippen molar-refractivity contribution in [2.45, 2.75) is 25.3 Å². The maximum Gasteiger partial charge on any atom is 0.264 e. The van der Waals surface area contributed by atoms with Crippen LogP contribution >= 0.6 is 11.3 Å². The Morgan fingerprint density at radius 3 is 2.71 bits per heavy atom. The molecule has 2 aliphatic rings. The molecular formula is C14H16N2O3S2. The van der Waals surface area contributed by atoms with E-state index in [4.69, 9.17) is 5.26 Å². The number of nitriles is 1. The lowest BCUT2D eigenvalue weighted by Crippen LogP contribution is -2.55. The van der Waals surface area contributed by atoms with Crippen molar-refractivity contribution in [3.63, 3.8) is 0 Å². The molecule has 2 fully saturated rings. The van der Waals surface area contributed by atoms with Gasteiger partial charge in [-0.05, 0) is 30.9 Å². The summed E-state index contributed by atoms with van der Waals surface area (Å²) in [4.78, 5) is 15.4. The number of rotatable bonds is 2. The number of sulfone groups is 1. The fourth-order valence-electron chi connectivity index (χ4n) is 2.96. The fourth-order valence-corrected chi connectivity index (χ4v) is 5.33. The standard InChI is InChI=1S/C14H16N2O3S2/c15-8-11-4-5-13(20-11)14(17)16-6-7-21(18,19)9-12(16)10-2-1-3-10/h4-5,10,12H,1-3,6-7,9H2. The predicted molar refractivity (Wildman–Crippen MR) is 79.9 cm³/mol. The lowest BCUT2D eigenvalue weighted by molar-refractivity contribution is 0.0568. The highest BCUT2D eigenvalue weighted by atomic mass is 32.2. The molecule has 0 N–H and O–H groups in total. The molecule has 0 aromatic carbocycles. The van der Waals surface area contributed by atoms with Gasteiger partial charge in [0.1, 0.15) is 10.9 Å². The van der Waals surface area contributed by atoms with Gasteiger partial charge in [0.15, 0.2) is 9.84 Å². The van der Waals surface area contributed by atoms with Gasteiger partial charge >= 0.3 is 0 Å². The fraction of sp³-hybridized carbons (Fsp3) is 0.571. The quantitative estimate of drug-likeness (QED) is 0.829. The lowest BCUT2D eigenvalue weighted by atomic mass is 9.79. The lowest BCUT2D eigenvalue weighted by Gasteiger charge is -2.43. The topological polar surface area (TPSA) is 78.2 Å². The first-order chi connectivity index (χ1) is 10.00. The third-order valence-corrected chi connectivity index (χ3v) is 6.98. The molecule has 1 aromatic heterocycles. The van der Waals surface area contributed by atoms with E-state index in [1.165, 1.54) is 11.3 Å². The van der Waals surface area contributed by atoms with Gasteiger partial charge in [-0.1, -0.05) is 6.42 Å². The van der Waals surface area contributed by atoms with Crippen molar-refractivity contribution in [2.75, 3.05) is 18.1 Å². The molecule has 1 atom stereocenters. The zero-order chi connectivity index (χ0) is 15.0. The minimum Gasteiger partial charge on any atom is -0.333 e. The van der Waals surface area contributed by atoms with E-state index in [1.807, 2.05) is 6.07 Å². The molecule has 1 saturated heterocycles. The molecule has 5 nitrogen and oxygen atoms in total. The van der Waals surface area contributed by atoms with Crippen molar-refractivity contribution in [2.24, 2.45) is 5.92 Å². The Labute approximate surface area is 128 Å². The molecule has 112 valence electrons. The van der Waals surface area contributed by atoms with Crippen LogP contribution in [-0.2, 0) is 9.84 Å². The summed E-state index contributed by atoms with van der Waals surface area (Å²) in [7, 11) is -3.04. The molecule has 1 aliphatic carbocycles. The highest BCUT2D eigenvalue weighted by Crippen LogP contribution is 2.35. The van der Waals surface area contributed by atoms with Gasteiger partial charge in [0, 0.05) is 12.6 Å². The van der Waals surface area contributed by atoms with E-state index in [0.29, 0.717) is 15.7 Å². The van der Waals surface area contributed by atoms with Gasteiger partial charge in [0.2, 0.25) is 0 Å². The van der Waals surface area contributed by atoms with E-state index in [-0.39, 0.29) is 30.0 Å². The summed E-state index contributed by atoms with van der Waals surface area (Å²) in [5.74, 6) is 0.297. The van der Waals surface area contributed by atoms with Crippen LogP contribution < -0.4 is 0 Å². The molecule has 2 heterocycles. The van der Waals surface area contributed by atoms with Crippen LogP contribution in [0.2, 0.25) is 0 Å². The Hall–Kier alpha value is -1.39. The van der Waals surface area contributed by atoms with Gasteiger partial charge in [-0.25, -0.2) is 8.42 Å². The Balaban J connectivity index is 1.84. The van der Waals surface area contributed by atoms with Crippen LogP contribution in [0.3, 0.4) is 0 Å². The summed E-state index contributed by atoms with van der Waals surface area (Å²) in [5.41, 5.74) is 0. The minimum absolute atomic E-state index is 0.0401. The number of nitrogens with zero attached hydrogens (tertiary/aromatic N) is 2. The van der Waals surface area contributed by atoms with Crippen molar-refractivity contribution in [1.82, 2.24) is 4.90 Å². The van der Waals surface area contributed by atoms with Crippen LogP contribution in [-0.4, -0.2) is 43.3 Å². The third-order valence-electron chi connectivity index (χ3n) is 4.35. The molecule has 7 heteroatoms. The predicted octanol–water partition coefficient (Wildman–Crippen LogP) is 1.66. The number of thiophene rings is 1. The van der Waals surface area contributed by atoms with Gasteiger partial charge < -0.3 is 4.90 Å². The van der Waals surface area contributed by atoms with Crippen molar-refractivity contribution in [3.8, 4) is 6.07 Å². The smallest absolute Gasteiger partial charge is 0.264 e. The number of hydrogen-bond acceptors (Lipinski definition) is 5. The zero-order valence-corrected chi connectivity index (χ0v) is 13.1. The number of carbonyl (C=O) groups is 1. The Kier molecular flexibility index (Phi) is 3.76. The van der Waals surface area contributed by atoms with E-state index >= 15 is 0 Å². The average molecular weight is 324 g/mol. The van der Waals surface area contributed by atoms with Gasteiger partial charge in [0.25, 0.3) is 5.91 Å². The molecule has 1 aliphatic heterocycles. The number of carbonyl (C=O) groups excluding carboxylic acids is 1. The summed E-state index contributed by atoms with van der Waals surface area (Å²) >= 11 is 1.17. The van der Waals surface area contributed by atoms with Crippen LogP contribution in [0.4, 0.5) is 0 Å². The molecule has 1 aromatic rings. The molecule has 0 spiro atoms. The Bertz CT molecular complexity index is 698. The number of amides is 1. The average Bonchev–Trinajstić information content (AvgIpc) is 2.84. The van der Waals surface area contributed by atoms with Gasteiger partial charge in [0.05, 0.1) is 16.4 Å². The molecular weight excluding hydrogens is 308 g/mol. The van der Waals surface area contributed by atoms with Crippen molar-refractivity contribution >= 4 is 27.1 Å². The molecule has 0 radical (unpaired) electrons. The maximum atomic E-state index is 12.6. The van der Waals surface area contributed by atoms with E-state index in [1.54, 1.807) is 17.0 Å². The van der Waals surface area contributed by atoms with E-state index in [2.05, 4.69) is 0 Å². The largest absolute Gasteiger partial charge is 0.333 e. The number of hydrogen-bond donors (Lipinski definition) is 0. The van der Waals surface area contributed by atoms with Crippen LogP contribution in [0.25, 0.3) is 0 Å². The summed E-state index contributed by atoms with van der Waals surface area (Å²) in [5, 5.41) is 8.86. The normalized spacial score (nSPS) is 25.1. The van der Waals surface area contributed by atoms with Gasteiger partial charge in [-0.15, -0.1) is 11.3 Å².